The molecule has 0 amide bonds. The number of H-pyrrole nitrogens is 1. The molecular weight excluding hydrogens is 228 g/mol. The van der Waals surface area contributed by atoms with Crippen molar-refractivity contribution >= 4 is 17.0 Å². The number of para-hydroxylation sites is 2. The molecule has 1 aromatic carbocycles. The van der Waals surface area contributed by atoms with E-state index in [4.69, 9.17) is 4.74 Å². The number of benzene rings is 1. The van der Waals surface area contributed by atoms with Gasteiger partial charge in [-0.2, -0.15) is 0 Å². The van der Waals surface area contributed by atoms with Gasteiger partial charge in [-0.15, -0.1) is 0 Å². The van der Waals surface area contributed by atoms with Crippen LogP contribution < -0.4 is 10.2 Å². The number of imidazole rings is 1. The summed E-state index contributed by atoms with van der Waals surface area (Å²) in [5, 5.41) is 3.34. The van der Waals surface area contributed by atoms with E-state index in [1.54, 1.807) is 0 Å². The summed E-state index contributed by atoms with van der Waals surface area (Å²) in [7, 11) is 2.04. The number of anilines is 1. The predicted octanol–water partition coefficient (Wildman–Crippen LogP) is 0.987. The third-order valence-corrected chi connectivity index (χ3v) is 3.22. The minimum absolute atomic E-state index is 0.233. The topological polar surface area (TPSA) is 53.2 Å². The fourth-order valence-corrected chi connectivity index (χ4v) is 2.25. The summed E-state index contributed by atoms with van der Waals surface area (Å²) in [5.74, 6) is 0.894. The average Bonchev–Trinajstić information content (AvgIpc) is 2.84. The third kappa shape index (κ3) is 2.32. The molecule has 1 aliphatic heterocycles. The van der Waals surface area contributed by atoms with Crippen LogP contribution in [0.5, 0.6) is 0 Å². The fraction of sp³-hybridized carbons (Fsp3) is 0.462. The lowest BCUT2D eigenvalue weighted by Gasteiger charge is -2.27. The molecule has 1 aromatic heterocycles. The molecule has 0 spiro atoms. The van der Waals surface area contributed by atoms with E-state index >= 15 is 0 Å². The zero-order chi connectivity index (χ0) is 12.4. The summed E-state index contributed by atoms with van der Waals surface area (Å²) in [6.45, 7) is 3.49. The van der Waals surface area contributed by atoms with Crippen molar-refractivity contribution in [3.8, 4) is 0 Å². The molecule has 2 N–H and O–H groups in total. The molecule has 3 rings (SSSR count). The van der Waals surface area contributed by atoms with Crippen LogP contribution in [0.2, 0.25) is 0 Å². The molecule has 0 saturated carbocycles. The van der Waals surface area contributed by atoms with Crippen LogP contribution in [0.1, 0.15) is 0 Å². The number of hydrogen-bond donors (Lipinski definition) is 2. The first-order valence-corrected chi connectivity index (χ1v) is 6.31. The van der Waals surface area contributed by atoms with Gasteiger partial charge in [0.1, 0.15) is 0 Å². The lowest BCUT2D eigenvalue weighted by molar-refractivity contribution is 0.0338. The summed E-state index contributed by atoms with van der Waals surface area (Å²) < 4.78 is 5.70. The van der Waals surface area contributed by atoms with Crippen molar-refractivity contribution in [3.63, 3.8) is 0 Å². The second kappa shape index (κ2) is 4.96. The molecule has 0 bridgehead atoms. The Labute approximate surface area is 106 Å². The number of aromatic amines is 1. The quantitative estimate of drug-likeness (QED) is 0.848. The van der Waals surface area contributed by atoms with Crippen LogP contribution in [-0.2, 0) is 4.74 Å². The number of aromatic nitrogens is 2. The SMILES string of the molecule is CN(CC1CNCCO1)c1nc2ccccc2[nH]1. The molecule has 5 heteroatoms. The number of rotatable bonds is 3. The first-order chi connectivity index (χ1) is 8.83. The van der Waals surface area contributed by atoms with E-state index in [0.29, 0.717) is 0 Å². The highest BCUT2D eigenvalue weighted by Crippen LogP contribution is 2.16. The normalized spacial score (nSPS) is 20.2. The van der Waals surface area contributed by atoms with Crippen LogP contribution >= 0.6 is 0 Å². The maximum absolute atomic E-state index is 5.70. The van der Waals surface area contributed by atoms with Gasteiger partial charge in [-0.1, -0.05) is 12.1 Å². The second-order valence-corrected chi connectivity index (χ2v) is 4.66. The van der Waals surface area contributed by atoms with Gasteiger partial charge in [0.05, 0.1) is 23.7 Å². The molecule has 2 heterocycles. The fourth-order valence-electron chi connectivity index (χ4n) is 2.25. The van der Waals surface area contributed by atoms with Gasteiger partial charge in [-0.25, -0.2) is 4.98 Å². The first kappa shape index (κ1) is 11.5. The average molecular weight is 246 g/mol. The minimum Gasteiger partial charge on any atom is -0.374 e. The molecular formula is C13H18N4O. The van der Waals surface area contributed by atoms with Gasteiger partial charge in [-0.05, 0) is 12.1 Å². The number of ether oxygens (including phenoxy) is 1. The van der Waals surface area contributed by atoms with Gasteiger partial charge in [0, 0.05) is 26.7 Å². The number of nitrogens with one attached hydrogen (secondary N) is 2. The van der Waals surface area contributed by atoms with Gasteiger partial charge in [0.25, 0.3) is 0 Å². The molecule has 1 saturated heterocycles. The van der Waals surface area contributed by atoms with Crippen LogP contribution in [0.25, 0.3) is 11.0 Å². The summed E-state index contributed by atoms with van der Waals surface area (Å²) >= 11 is 0. The maximum atomic E-state index is 5.70. The highest BCUT2D eigenvalue weighted by atomic mass is 16.5. The predicted molar refractivity (Wildman–Crippen MR) is 72.0 cm³/mol. The monoisotopic (exact) mass is 246 g/mol. The Morgan fingerprint density at radius 2 is 2.33 bits per heavy atom. The Balaban J connectivity index is 1.72. The molecule has 0 aliphatic carbocycles. The first-order valence-electron chi connectivity index (χ1n) is 6.31. The van der Waals surface area contributed by atoms with Crippen molar-refractivity contribution in [3.05, 3.63) is 24.3 Å². The highest BCUT2D eigenvalue weighted by Gasteiger charge is 2.17. The molecule has 1 unspecified atom stereocenters. The van der Waals surface area contributed by atoms with Gasteiger partial charge >= 0.3 is 0 Å². The lowest BCUT2D eigenvalue weighted by Crippen LogP contribution is -2.44. The Hall–Kier alpha value is -1.59. The summed E-state index contributed by atoms with van der Waals surface area (Å²) in [5.41, 5.74) is 2.07. The van der Waals surface area contributed by atoms with Gasteiger partial charge < -0.3 is 19.9 Å². The smallest absolute Gasteiger partial charge is 0.203 e. The summed E-state index contributed by atoms with van der Waals surface area (Å²) in [6, 6.07) is 8.07. The van der Waals surface area contributed by atoms with Gasteiger partial charge in [0.2, 0.25) is 5.95 Å². The molecule has 2 aromatic rings. The van der Waals surface area contributed by atoms with Crippen molar-refractivity contribution in [1.82, 2.24) is 15.3 Å². The molecule has 18 heavy (non-hydrogen) atoms. The second-order valence-electron chi connectivity index (χ2n) is 4.66. The van der Waals surface area contributed by atoms with E-state index in [2.05, 4.69) is 20.2 Å². The Kier molecular flexibility index (Phi) is 3.17. The zero-order valence-corrected chi connectivity index (χ0v) is 10.5. The number of morpholine rings is 1. The van der Waals surface area contributed by atoms with Crippen molar-refractivity contribution in [2.45, 2.75) is 6.10 Å². The number of fused-ring (bicyclic) bond motifs is 1. The van der Waals surface area contributed by atoms with Crippen molar-refractivity contribution in [1.29, 1.82) is 0 Å². The van der Waals surface area contributed by atoms with Gasteiger partial charge in [-0.3, -0.25) is 0 Å². The van der Waals surface area contributed by atoms with E-state index in [1.807, 2.05) is 31.3 Å². The highest BCUT2D eigenvalue weighted by molar-refractivity contribution is 5.77. The van der Waals surface area contributed by atoms with Crippen molar-refractivity contribution in [2.24, 2.45) is 0 Å². The van der Waals surface area contributed by atoms with Crippen molar-refractivity contribution in [2.75, 3.05) is 38.2 Å². The van der Waals surface area contributed by atoms with Gasteiger partial charge in [0.15, 0.2) is 0 Å². The standard InChI is InChI=1S/C13H18N4O/c1-17(9-10-8-14-6-7-18-10)13-15-11-4-2-3-5-12(11)16-13/h2-5,10,14H,6-9H2,1H3,(H,15,16). The zero-order valence-electron chi connectivity index (χ0n) is 10.5. The van der Waals surface area contributed by atoms with Crippen LogP contribution in [0.15, 0.2) is 24.3 Å². The van der Waals surface area contributed by atoms with E-state index in [9.17, 15) is 0 Å². The Morgan fingerprint density at radius 3 is 3.11 bits per heavy atom. The summed E-state index contributed by atoms with van der Waals surface area (Å²) in [6.07, 6.45) is 0.233. The van der Waals surface area contributed by atoms with Crippen LogP contribution in [-0.4, -0.2) is 49.4 Å². The molecule has 1 atom stereocenters. The number of hydrogen-bond acceptors (Lipinski definition) is 4. The van der Waals surface area contributed by atoms with E-state index in [1.165, 1.54) is 0 Å². The van der Waals surface area contributed by atoms with E-state index in [0.717, 1.165) is 43.2 Å². The van der Waals surface area contributed by atoms with Crippen LogP contribution in [0, 0.1) is 0 Å². The molecule has 1 fully saturated rings. The number of likely N-dealkylation sites (N-methyl/N-ethyl adjacent to an activating group) is 1. The molecule has 96 valence electrons. The number of nitrogens with zero attached hydrogens (tertiary/aromatic N) is 2. The van der Waals surface area contributed by atoms with E-state index < -0.39 is 0 Å². The van der Waals surface area contributed by atoms with Crippen LogP contribution in [0.3, 0.4) is 0 Å². The van der Waals surface area contributed by atoms with E-state index in [-0.39, 0.29) is 6.10 Å². The minimum atomic E-state index is 0.233. The lowest BCUT2D eigenvalue weighted by atomic mass is 10.3. The third-order valence-electron chi connectivity index (χ3n) is 3.22. The van der Waals surface area contributed by atoms with Crippen molar-refractivity contribution < 1.29 is 4.74 Å². The van der Waals surface area contributed by atoms with Crippen LogP contribution in [0.4, 0.5) is 5.95 Å². The Morgan fingerprint density at radius 1 is 1.44 bits per heavy atom. The summed E-state index contributed by atoms with van der Waals surface area (Å²) in [4.78, 5) is 10.0. The molecule has 0 radical (unpaired) electrons. The molecule has 1 aliphatic rings. The molecule has 5 nitrogen and oxygen atoms in total. The largest absolute Gasteiger partial charge is 0.374 e. The Bertz CT molecular complexity index is 485. The maximum Gasteiger partial charge on any atom is 0.203 e.